The van der Waals surface area contributed by atoms with E-state index >= 15 is 0 Å². The molecule has 0 aliphatic heterocycles. The molecular formula is C25H31N3O4. The number of ether oxygens (including phenoxy) is 2. The zero-order chi connectivity index (χ0) is 22.8. The molecule has 7 heteroatoms. The van der Waals surface area contributed by atoms with Gasteiger partial charge in [0.05, 0.1) is 25.3 Å². The number of unbranched alkanes of at least 4 members (excludes halogenated alkanes) is 2. The molecule has 0 fully saturated rings. The Balaban J connectivity index is 1.70. The predicted molar refractivity (Wildman–Crippen MR) is 123 cm³/mol. The molecule has 7 nitrogen and oxygen atoms in total. The number of hydrogen-bond donors (Lipinski definition) is 1. The number of carboxylic acid groups (broad SMARTS) is 1. The van der Waals surface area contributed by atoms with E-state index in [1.165, 1.54) is 0 Å². The summed E-state index contributed by atoms with van der Waals surface area (Å²) in [5.74, 6) is -0.907. The molecule has 3 rings (SSSR count). The van der Waals surface area contributed by atoms with Crippen molar-refractivity contribution in [1.29, 1.82) is 0 Å². The normalized spacial score (nSPS) is 10.8. The Hall–Kier alpha value is -3.35. The first-order valence-corrected chi connectivity index (χ1v) is 11.2. The molecule has 32 heavy (non-hydrogen) atoms. The lowest BCUT2D eigenvalue weighted by Crippen LogP contribution is -2.08. The number of benzene rings is 2. The highest BCUT2D eigenvalue weighted by Crippen LogP contribution is 2.19. The van der Waals surface area contributed by atoms with E-state index in [1.807, 2.05) is 36.4 Å². The number of hydrogen-bond acceptors (Lipinski definition) is 5. The molecule has 0 atom stereocenters. The number of nitrogens with zero attached hydrogens (tertiary/aromatic N) is 3. The Morgan fingerprint density at radius 3 is 2.28 bits per heavy atom. The van der Waals surface area contributed by atoms with Crippen molar-refractivity contribution in [2.24, 2.45) is 0 Å². The van der Waals surface area contributed by atoms with Gasteiger partial charge in [0.25, 0.3) is 0 Å². The van der Waals surface area contributed by atoms with Crippen LogP contribution in [0.4, 0.5) is 0 Å². The number of rotatable bonds is 13. The molecule has 0 aliphatic rings. The van der Waals surface area contributed by atoms with E-state index in [0.717, 1.165) is 42.4 Å². The highest BCUT2D eigenvalue weighted by molar-refractivity contribution is 5.89. The maximum Gasteiger partial charge on any atom is 0.338 e. The van der Waals surface area contributed by atoms with Crippen molar-refractivity contribution >= 4 is 5.97 Å². The summed E-state index contributed by atoms with van der Waals surface area (Å²) in [4.78, 5) is 15.8. The van der Waals surface area contributed by atoms with Gasteiger partial charge < -0.3 is 14.6 Å². The largest absolute Gasteiger partial charge is 0.478 e. The maximum absolute atomic E-state index is 11.4. The van der Waals surface area contributed by atoms with Gasteiger partial charge in [-0.05, 0) is 42.0 Å². The van der Waals surface area contributed by atoms with Gasteiger partial charge >= 0.3 is 18.0 Å². The van der Waals surface area contributed by atoms with Crippen molar-refractivity contribution in [3.05, 3.63) is 70.8 Å². The van der Waals surface area contributed by atoms with Gasteiger partial charge in [0, 0.05) is 0 Å². The first-order valence-electron chi connectivity index (χ1n) is 11.2. The lowest BCUT2D eigenvalue weighted by molar-refractivity contribution is 0.0696. The Kier molecular flexibility index (Phi) is 8.66. The summed E-state index contributed by atoms with van der Waals surface area (Å²) in [6, 6.07) is 16.0. The molecule has 0 unspecified atom stereocenters. The van der Waals surface area contributed by atoms with E-state index in [2.05, 4.69) is 23.9 Å². The molecule has 1 heterocycles. The number of carbonyl (C=O) groups is 1. The fourth-order valence-electron chi connectivity index (χ4n) is 3.23. The summed E-state index contributed by atoms with van der Waals surface area (Å²) in [7, 11) is 0. The second-order valence-electron chi connectivity index (χ2n) is 7.69. The van der Waals surface area contributed by atoms with Crippen LogP contribution in [0.3, 0.4) is 0 Å². The van der Waals surface area contributed by atoms with Gasteiger partial charge in [-0.2, -0.15) is 0 Å². The maximum atomic E-state index is 11.4. The van der Waals surface area contributed by atoms with E-state index < -0.39 is 5.97 Å². The molecule has 0 spiro atoms. The number of aromatic carboxylic acids is 1. The van der Waals surface area contributed by atoms with E-state index in [4.69, 9.17) is 9.47 Å². The summed E-state index contributed by atoms with van der Waals surface area (Å²) < 4.78 is 13.2. The molecule has 0 bridgehead atoms. The van der Waals surface area contributed by atoms with Crippen molar-refractivity contribution in [1.82, 2.24) is 14.8 Å². The quantitative estimate of drug-likeness (QED) is 0.380. The fraction of sp³-hybridized carbons (Fsp3) is 0.400. The predicted octanol–water partition coefficient (Wildman–Crippen LogP) is 4.97. The lowest BCUT2D eigenvalue weighted by Gasteiger charge is -2.09. The van der Waals surface area contributed by atoms with Crippen LogP contribution >= 0.6 is 0 Å². The Labute approximate surface area is 189 Å². The highest BCUT2D eigenvalue weighted by atomic mass is 16.5. The van der Waals surface area contributed by atoms with Crippen LogP contribution in [-0.4, -0.2) is 39.1 Å². The van der Waals surface area contributed by atoms with Gasteiger partial charge in [-0.1, -0.05) is 69.2 Å². The van der Waals surface area contributed by atoms with E-state index in [1.54, 1.807) is 16.8 Å². The van der Waals surface area contributed by atoms with Crippen LogP contribution in [-0.2, 0) is 13.0 Å². The second-order valence-corrected chi connectivity index (χ2v) is 7.69. The molecule has 170 valence electrons. The van der Waals surface area contributed by atoms with Crippen LogP contribution in [0.15, 0.2) is 48.5 Å². The summed E-state index contributed by atoms with van der Waals surface area (Å²) in [5, 5.41) is 13.9. The van der Waals surface area contributed by atoms with E-state index in [-0.39, 0.29) is 0 Å². The van der Waals surface area contributed by atoms with Crippen molar-refractivity contribution in [3.8, 4) is 12.0 Å². The summed E-state index contributed by atoms with van der Waals surface area (Å²) in [5.41, 5.74) is 3.22. The average molecular weight is 438 g/mol. The van der Waals surface area contributed by atoms with Gasteiger partial charge in [-0.3, -0.25) is 0 Å². The highest BCUT2D eigenvalue weighted by Gasteiger charge is 2.14. The van der Waals surface area contributed by atoms with Gasteiger partial charge in [-0.15, -0.1) is 10.1 Å². The minimum Gasteiger partial charge on any atom is -0.478 e. The lowest BCUT2D eigenvalue weighted by atomic mass is 9.99. The van der Waals surface area contributed by atoms with Crippen molar-refractivity contribution in [3.63, 3.8) is 0 Å². The molecular weight excluding hydrogens is 406 g/mol. The average Bonchev–Trinajstić information content (AvgIpc) is 3.17. The van der Waals surface area contributed by atoms with Crippen molar-refractivity contribution in [2.45, 2.75) is 52.5 Å². The number of carboxylic acids is 1. The molecule has 0 saturated heterocycles. The Morgan fingerprint density at radius 2 is 1.59 bits per heavy atom. The second kappa shape index (κ2) is 11.9. The molecule has 3 aromatic rings. The van der Waals surface area contributed by atoms with Crippen LogP contribution in [0.1, 0.15) is 66.6 Å². The number of aromatic nitrogens is 3. The minimum atomic E-state index is -0.907. The molecule has 0 saturated carbocycles. The molecule has 1 N–H and O–H groups in total. The zero-order valence-corrected chi connectivity index (χ0v) is 18.8. The van der Waals surface area contributed by atoms with Gasteiger partial charge in [0.15, 0.2) is 0 Å². The third-order valence-electron chi connectivity index (χ3n) is 5.07. The van der Waals surface area contributed by atoms with Gasteiger partial charge in [-0.25, -0.2) is 9.48 Å². The van der Waals surface area contributed by atoms with E-state index in [9.17, 15) is 9.90 Å². The third kappa shape index (κ3) is 6.57. The van der Waals surface area contributed by atoms with Crippen LogP contribution in [0, 0.1) is 0 Å². The molecule has 0 aliphatic carbocycles. The van der Waals surface area contributed by atoms with Crippen LogP contribution in [0.2, 0.25) is 0 Å². The van der Waals surface area contributed by atoms with Crippen LogP contribution in [0.25, 0.3) is 0 Å². The molecule has 1 aromatic heterocycles. The third-order valence-corrected chi connectivity index (χ3v) is 5.07. The summed E-state index contributed by atoms with van der Waals surface area (Å²) in [6.07, 6.45) is 4.55. The summed E-state index contributed by atoms with van der Waals surface area (Å²) >= 11 is 0. The monoisotopic (exact) mass is 437 g/mol. The Bertz CT molecular complexity index is 999. The van der Waals surface area contributed by atoms with Crippen LogP contribution < -0.4 is 9.47 Å². The minimum absolute atomic E-state index is 0.337. The SMILES string of the molecule is CCCCOc1nc(OCCCC)n(Cc2ccc(Cc3ccccc3C(=O)O)cc2)n1. The molecule has 2 aromatic carbocycles. The van der Waals surface area contributed by atoms with Crippen LogP contribution in [0.5, 0.6) is 12.0 Å². The standard InChI is InChI=1S/C25H31N3O4/c1-3-5-15-31-24-26-25(32-16-6-4-2)28(27-24)18-20-13-11-19(12-14-20)17-21-9-7-8-10-22(21)23(29)30/h7-14H,3-6,15-18H2,1-2H3,(H,29,30). The fourth-order valence-corrected chi connectivity index (χ4v) is 3.23. The Morgan fingerprint density at radius 1 is 0.938 bits per heavy atom. The van der Waals surface area contributed by atoms with Gasteiger partial charge in [0.1, 0.15) is 0 Å². The van der Waals surface area contributed by atoms with E-state index in [0.29, 0.717) is 43.8 Å². The first-order chi connectivity index (χ1) is 15.6. The zero-order valence-electron chi connectivity index (χ0n) is 18.8. The van der Waals surface area contributed by atoms with Gasteiger partial charge in [0.2, 0.25) is 0 Å². The first kappa shape index (κ1) is 23.3. The summed E-state index contributed by atoms with van der Waals surface area (Å²) in [6.45, 7) is 5.91. The molecule has 0 radical (unpaired) electrons. The topological polar surface area (TPSA) is 86.5 Å². The molecule has 0 amide bonds. The van der Waals surface area contributed by atoms with Crippen molar-refractivity contribution in [2.75, 3.05) is 13.2 Å². The van der Waals surface area contributed by atoms with Crippen molar-refractivity contribution < 1.29 is 19.4 Å². The smallest absolute Gasteiger partial charge is 0.338 e.